The van der Waals surface area contributed by atoms with Crippen molar-refractivity contribution in [2.45, 2.75) is 51.9 Å². The number of hydrogen-bond acceptors (Lipinski definition) is 1. The highest BCUT2D eigenvalue weighted by Gasteiger charge is 2.28. The predicted molar refractivity (Wildman–Crippen MR) is 66.6 cm³/mol. The van der Waals surface area contributed by atoms with Gasteiger partial charge in [-0.15, -0.1) is 0 Å². The number of nitrogens with one attached hydrogen (secondary N) is 1. The van der Waals surface area contributed by atoms with Gasteiger partial charge in [0.05, 0.1) is 0 Å². The molecule has 0 aromatic rings. The summed E-state index contributed by atoms with van der Waals surface area (Å²) in [6, 6.07) is 0.543. The summed E-state index contributed by atoms with van der Waals surface area (Å²) < 4.78 is 0. The molecule has 0 saturated heterocycles. The Kier molecular flexibility index (Phi) is 4.05. The molecular formula is C12H22BrN. The van der Waals surface area contributed by atoms with Crippen LogP contribution in [0.3, 0.4) is 0 Å². The van der Waals surface area contributed by atoms with Crippen molar-refractivity contribution < 1.29 is 0 Å². The van der Waals surface area contributed by atoms with E-state index in [1.165, 1.54) is 17.7 Å². The Labute approximate surface area is 96.5 Å². The van der Waals surface area contributed by atoms with Crippen LogP contribution in [0.1, 0.15) is 41.0 Å². The quantitative estimate of drug-likeness (QED) is 0.746. The van der Waals surface area contributed by atoms with Gasteiger partial charge < -0.3 is 5.32 Å². The van der Waals surface area contributed by atoms with Crippen LogP contribution in [0.25, 0.3) is 0 Å². The Morgan fingerprint density at radius 2 is 1.93 bits per heavy atom. The van der Waals surface area contributed by atoms with E-state index < -0.39 is 0 Å². The van der Waals surface area contributed by atoms with Gasteiger partial charge in [-0.05, 0) is 39.0 Å². The van der Waals surface area contributed by atoms with Crippen LogP contribution < -0.4 is 5.32 Å². The van der Waals surface area contributed by atoms with Gasteiger partial charge in [0.2, 0.25) is 0 Å². The third-order valence-corrected chi connectivity index (χ3v) is 4.33. The van der Waals surface area contributed by atoms with Crippen LogP contribution in [-0.2, 0) is 0 Å². The summed E-state index contributed by atoms with van der Waals surface area (Å²) in [5.41, 5.74) is 3.00. The molecule has 0 radical (unpaired) electrons. The number of hydrogen-bond donors (Lipinski definition) is 1. The first-order valence-electron chi connectivity index (χ1n) is 5.54. The molecule has 1 nitrogen and oxygen atoms in total. The average molecular weight is 260 g/mol. The first-order valence-corrected chi connectivity index (χ1v) is 6.46. The lowest BCUT2D eigenvalue weighted by atomic mass is 9.82. The molecule has 0 aromatic heterocycles. The van der Waals surface area contributed by atoms with Crippen molar-refractivity contribution in [2.24, 2.45) is 11.8 Å². The van der Waals surface area contributed by atoms with E-state index >= 15 is 0 Å². The Bertz CT molecular complexity index is 232. The van der Waals surface area contributed by atoms with Crippen LogP contribution in [0.4, 0.5) is 0 Å². The first kappa shape index (κ1) is 12.1. The van der Waals surface area contributed by atoms with Gasteiger partial charge in [-0.2, -0.15) is 0 Å². The minimum atomic E-state index is 0.543. The predicted octanol–water partition coefficient (Wildman–Crippen LogP) is 3.70. The maximum Gasteiger partial charge on any atom is 0.0215 e. The van der Waals surface area contributed by atoms with E-state index in [0.717, 1.165) is 0 Å². The highest BCUT2D eigenvalue weighted by Crippen LogP contribution is 2.36. The van der Waals surface area contributed by atoms with Gasteiger partial charge in [-0.25, -0.2) is 0 Å². The van der Waals surface area contributed by atoms with Gasteiger partial charge in [0.15, 0.2) is 0 Å². The van der Waals surface area contributed by atoms with E-state index in [-0.39, 0.29) is 0 Å². The SMILES string of the molecule is CC1=C(NC(C)C)C(C)CC(Br)C1C. The third-order valence-electron chi connectivity index (χ3n) is 3.17. The molecule has 3 unspecified atom stereocenters. The van der Waals surface area contributed by atoms with E-state index in [4.69, 9.17) is 0 Å². The summed E-state index contributed by atoms with van der Waals surface area (Å²) in [5.74, 6) is 1.32. The minimum Gasteiger partial charge on any atom is -0.386 e. The molecule has 1 N–H and O–H groups in total. The molecule has 0 heterocycles. The van der Waals surface area contributed by atoms with E-state index in [1.54, 1.807) is 0 Å². The van der Waals surface area contributed by atoms with Crippen LogP contribution in [0.15, 0.2) is 11.3 Å². The summed E-state index contributed by atoms with van der Waals surface area (Å²) in [7, 11) is 0. The monoisotopic (exact) mass is 259 g/mol. The van der Waals surface area contributed by atoms with Crippen molar-refractivity contribution >= 4 is 15.9 Å². The molecule has 0 aliphatic heterocycles. The molecular weight excluding hydrogens is 238 g/mol. The molecule has 14 heavy (non-hydrogen) atoms. The smallest absolute Gasteiger partial charge is 0.0215 e. The van der Waals surface area contributed by atoms with Crippen molar-refractivity contribution in [1.82, 2.24) is 5.32 Å². The van der Waals surface area contributed by atoms with Gasteiger partial charge in [0.25, 0.3) is 0 Å². The fourth-order valence-electron chi connectivity index (χ4n) is 2.13. The molecule has 3 atom stereocenters. The lowest BCUT2D eigenvalue weighted by Crippen LogP contribution is -2.34. The number of alkyl halides is 1. The maximum absolute atomic E-state index is 3.77. The van der Waals surface area contributed by atoms with Gasteiger partial charge >= 0.3 is 0 Å². The molecule has 1 aliphatic carbocycles. The summed E-state index contributed by atoms with van der Waals surface area (Å²) in [4.78, 5) is 0.648. The van der Waals surface area contributed by atoms with E-state index in [0.29, 0.717) is 22.7 Å². The highest BCUT2D eigenvalue weighted by atomic mass is 79.9. The number of allylic oxidation sites excluding steroid dienone is 2. The lowest BCUT2D eigenvalue weighted by Gasteiger charge is -2.34. The fraction of sp³-hybridized carbons (Fsp3) is 0.833. The molecule has 82 valence electrons. The molecule has 0 spiro atoms. The third kappa shape index (κ3) is 2.53. The van der Waals surface area contributed by atoms with Gasteiger partial charge in [-0.3, -0.25) is 0 Å². The van der Waals surface area contributed by atoms with Crippen molar-refractivity contribution in [3.05, 3.63) is 11.3 Å². The lowest BCUT2D eigenvalue weighted by molar-refractivity contribution is 0.434. The largest absolute Gasteiger partial charge is 0.386 e. The fourth-order valence-corrected chi connectivity index (χ4v) is 3.09. The second-order valence-corrected chi connectivity index (χ2v) is 6.01. The van der Waals surface area contributed by atoms with Crippen molar-refractivity contribution in [3.8, 4) is 0 Å². The Morgan fingerprint density at radius 1 is 1.36 bits per heavy atom. The van der Waals surface area contributed by atoms with Crippen LogP contribution in [0.2, 0.25) is 0 Å². The van der Waals surface area contributed by atoms with E-state index in [9.17, 15) is 0 Å². The molecule has 1 aliphatic rings. The Morgan fingerprint density at radius 3 is 2.43 bits per heavy atom. The zero-order valence-electron chi connectivity index (χ0n) is 9.89. The maximum atomic E-state index is 3.77. The Hall–Kier alpha value is 0.0200. The molecule has 0 amide bonds. The summed E-state index contributed by atoms with van der Waals surface area (Å²) in [6.07, 6.45) is 1.24. The summed E-state index contributed by atoms with van der Waals surface area (Å²) in [5, 5.41) is 3.59. The standard InChI is InChI=1S/C12H22BrN/c1-7(2)14-12-8(3)6-11(13)9(4)10(12)5/h7-9,11,14H,6H2,1-5H3. The van der Waals surface area contributed by atoms with E-state index in [2.05, 4.69) is 55.9 Å². The normalized spacial score (nSPS) is 33.8. The van der Waals surface area contributed by atoms with Gasteiger partial charge in [-0.1, -0.05) is 35.4 Å². The minimum absolute atomic E-state index is 0.543. The van der Waals surface area contributed by atoms with Gasteiger partial charge in [0.1, 0.15) is 0 Å². The highest BCUT2D eigenvalue weighted by molar-refractivity contribution is 9.09. The van der Waals surface area contributed by atoms with Crippen molar-refractivity contribution in [3.63, 3.8) is 0 Å². The van der Waals surface area contributed by atoms with Crippen LogP contribution in [-0.4, -0.2) is 10.9 Å². The molecule has 0 bridgehead atoms. The zero-order chi connectivity index (χ0) is 10.9. The molecule has 0 saturated carbocycles. The number of rotatable bonds is 2. The topological polar surface area (TPSA) is 12.0 Å². The average Bonchev–Trinajstić information content (AvgIpc) is 2.09. The molecule has 0 aromatic carbocycles. The van der Waals surface area contributed by atoms with Crippen LogP contribution >= 0.6 is 15.9 Å². The van der Waals surface area contributed by atoms with Crippen molar-refractivity contribution in [2.75, 3.05) is 0 Å². The van der Waals surface area contributed by atoms with Gasteiger partial charge in [0, 0.05) is 16.6 Å². The zero-order valence-corrected chi connectivity index (χ0v) is 11.5. The second kappa shape index (κ2) is 4.69. The summed E-state index contributed by atoms with van der Waals surface area (Å²) >= 11 is 3.77. The number of halogens is 1. The Balaban J connectivity index is 2.87. The van der Waals surface area contributed by atoms with Crippen molar-refractivity contribution in [1.29, 1.82) is 0 Å². The van der Waals surface area contributed by atoms with Crippen LogP contribution in [0.5, 0.6) is 0 Å². The second-order valence-electron chi connectivity index (χ2n) is 4.84. The van der Waals surface area contributed by atoms with E-state index in [1.807, 2.05) is 0 Å². The summed E-state index contributed by atoms with van der Waals surface area (Å²) in [6.45, 7) is 11.3. The molecule has 2 heteroatoms. The molecule has 1 rings (SSSR count). The van der Waals surface area contributed by atoms with Crippen LogP contribution in [0, 0.1) is 11.8 Å². The molecule has 0 fully saturated rings. The first-order chi connectivity index (χ1) is 6.43.